The monoisotopic (exact) mass is 532 g/mol. The van der Waals surface area contributed by atoms with Gasteiger partial charge in [0.15, 0.2) is 0 Å². The van der Waals surface area contributed by atoms with E-state index in [2.05, 4.69) is 39.8 Å². The summed E-state index contributed by atoms with van der Waals surface area (Å²) in [5, 5.41) is 0. The van der Waals surface area contributed by atoms with Gasteiger partial charge in [0.2, 0.25) is 0 Å². The maximum atomic E-state index is 12.8. The lowest BCUT2D eigenvalue weighted by Gasteiger charge is -2.46. The number of aryl methyl sites for hydroxylation is 1. The van der Waals surface area contributed by atoms with Crippen LogP contribution in [0.1, 0.15) is 76.8 Å². The van der Waals surface area contributed by atoms with E-state index >= 15 is 0 Å². The third-order valence-electron chi connectivity index (χ3n) is 7.21. The third kappa shape index (κ3) is 8.29. The maximum Gasteiger partial charge on any atom is 0.422 e. The zero-order valence-electron chi connectivity index (χ0n) is 23.6. The summed E-state index contributed by atoms with van der Waals surface area (Å²) in [5.74, 6) is -0.682. The molecule has 0 fully saturated rings. The number of unbranched alkanes of at least 4 members (excludes halogenated alkanes) is 2. The van der Waals surface area contributed by atoms with E-state index in [9.17, 15) is 9.59 Å². The summed E-state index contributed by atoms with van der Waals surface area (Å²) >= 11 is 0. The molecule has 0 saturated heterocycles. The predicted octanol–water partition coefficient (Wildman–Crippen LogP) is 5.16. The lowest BCUT2D eigenvalue weighted by molar-refractivity contribution is -0.163. The van der Waals surface area contributed by atoms with Crippen molar-refractivity contribution in [3.05, 3.63) is 34.9 Å². The molecule has 2 aliphatic rings. The number of carbonyl (C=O) groups excluding carboxylic acids is 2. The Kier molecular flexibility index (Phi) is 11.6. The van der Waals surface area contributed by atoms with Crippen LogP contribution in [0.15, 0.2) is 23.8 Å². The fourth-order valence-electron chi connectivity index (χ4n) is 5.23. The second-order valence-electron chi connectivity index (χ2n) is 10.6. The van der Waals surface area contributed by atoms with E-state index < -0.39 is 11.9 Å². The van der Waals surface area contributed by atoms with Crippen LogP contribution in [0.2, 0.25) is 0 Å². The van der Waals surface area contributed by atoms with Crippen molar-refractivity contribution in [2.75, 3.05) is 46.8 Å². The molecular formula is C30H44O8. The van der Waals surface area contributed by atoms with Crippen molar-refractivity contribution in [3.8, 4) is 11.5 Å². The standard InChI is InChI=1S/C30H44O8/c1-6-7-8-9-22-19-25(37-29(32)28(31)36-17-16-35-15-14-34-13-12-33-5)27-23-18-21(2)10-11-24(23)30(3,4)38-26(27)20-22/h18-20,23-24H,6-17H2,1-5H3/t23-,24-/m1/s1. The van der Waals surface area contributed by atoms with Crippen molar-refractivity contribution >= 4 is 11.9 Å². The number of carbonyl (C=O) groups is 2. The average molecular weight is 533 g/mol. The fourth-order valence-corrected chi connectivity index (χ4v) is 5.23. The van der Waals surface area contributed by atoms with Crippen molar-refractivity contribution in [2.45, 2.75) is 77.7 Å². The van der Waals surface area contributed by atoms with Crippen LogP contribution in [-0.4, -0.2) is 64.3 Å². The first-order chi connectivity index (χ1) is 18.3. The molecule has 212 valence electrons. The number of benzene rings is 1. The van der Waals surface area contributed by atoms with Crippen LogP contribution in [0.5, 0.6) is 11.5 Å². The summed E-state index contributed by atoms with van der Waals surface area (Å²) in [5.41, 5.74) is 2.82. The van der Waals surface area contributed by atoms with E-state index in [1.54, 1.807) is 7.11 Å². The summed E-state index contributed by atoms with van der Waals surface area (Å²) < 4.78 is 32.9. The molecule has 8 heteroatoms. The molecule has 0 radical (unpaired) electrons. The topological polar surface area (TPSA) is 89.5 Å². The minimum Gasteiger partial charge on any atom is -0.487 e. The third-order valence-corrected chi connectivity index (χ3v) is 7.21. The molecule has 0 saturated carbocycles. The van der Waals surface area contributed by atoms with Gasteiger partial charge in [-0.15, -0.1) is 0 Å². The van der Waals surface area contributed by atoms with Gasteiger partial charge in [0.25, 0.3) is 0 Å². The molecule has 38 heavy (non-hydrogen) atoms. The zero-order chi connectivity index (χ0) is 27.5. The van der Waals surface area contributed by atoms with Gasteiger partial charge in [0, 0.05) is 24.5 Å². The van der Waals surface area contributed by atoms with Gasteiger partial charge in [-0.05, 0) is 64.2 Å². The molecule has 0 unspecified atom stereocenters. The van der Waals surface area contributed by atoms with Gasteiger partial charge in [-0.1, -0.05) is 31.4 Å². The maximum absolute atomic E-state index is 12.8. The number of allylic oxidation sites excluding steroid dienone is 2. The Hall–Kier alpha value is -2.42. The molecule has 0 amide bonds. The van der Waals surface area contributed by atoms with Crippen molar-refractivity contribution in [2.24, 2.45) is 5.92 Å². The summed E-state index contributed by atoms with van der Waals surface area (Å²) in [4.78, 5) is 25.2. The van der Waals surface area contributed by atoms with Crippen LogP contribution in [-0.2, 0) is 35.0 Å². The second kappa shape index (κ2) is 14.7. The van der Waals surface area contributed by atoms with E-state index in [4.69, 9.17) is 28.4 Å². The molecular weight excluding hydrogens is 488 g/mol. The van der Waals surface area contributed by atoms with E-state index in [0.29, 0.717) is 32.2 Å². The minimum absolute atomic E-state index is 0.0468. The molecule has 8 nitrogen and oxygen atoms in total. The van der Waals surface area contributed by atoms with Crippen molar-refractivity contribution < 1.29 is 38.0 Å². The van der Waals surface area contributed by atoms with Crippen molar-refractivity contribution in [1.29, 1.82) is 0 Å². The fraction of sp³-hybridized carbons (Fsp3) is 0.667. The number of methoxy groups -OCH3 is 1. The first-order valence-electron chi connectivity index (χ1n) is 13.8. The highest BCUT2D eigenvalue weighted by Gasteiger charge is 2.45. The number of ether oxygens (including phenoxy) is 6. The molecule has 2 atom stereocenters. The van der Waals surface area contributed by atoms with E-state index in [0.717, 1.165) is 55.4 Å². The number of hydrogen-bond acceptors (Lipinski definition) is 8. The molecule has 1 aliphatic heterocycles. The minimum atomic E-state index is -1.04. The molecule has 0 bridgehead atoms. The van der Waals surface area contributed by atoms with Crippen LogP contribution in [0.4, 0.5) is 0 Å². The van der Waals surface area contributed by atoms with Gasteiger partial charge in [-0.25, -0.2) is 9.59 Å². The number of esters is 2. The largest absolute Gasteiger partial charge is 0.487 e. The molecule has 3 rings (SSSR count). The highest BCUT2D eigenvalue weighted by atomic mass is 16.6. The molecule has 1 aromatic carbocycles. The molecule has 1 aliphatic carbocycles. The summed E-state index contributed by atoms with van der Waals surface area (Å²) in [6.45, 7) is 10.4. The van der Waals surface area contributed by atoms with Crippen LogP contribution < -0.4 is 9.47 Å². The molecule has 0 spiro atoms. The lowest BCUT2D eigenvalue weighted by Crippen LogP contribution is -2.45. The summed E-state index contributed by atoms with van der Waals surface area (Å²) in [7, 11) is 1.61. The smallest absolute Gasteiger partial charge is 0.422 e. The summed E-state index contributed by atoms with van der Waals surface area (Å²) in [6.07, 6.45) is 8.36. The Morgan fingerprint density at radius 2 is 1.71 bits per heavy atom. The normalized spacial score (nSPS) is 19.6. The van der Waals surface area contributed by atoms with E-state index in [1.165, 1.54) is 5.57 Å². The van der Waals surface area contributed by atoms with Crippen LogP contribution in [0, 0.1) is 5.92 Å². The lowest BCUT2D eigenvalue weighted by atomic mass is 9.68. The SMILES string of the molecule is CCCCCc1cc(OC(=O)C(=O)OCCOCCOCCOC)c2c(c1)OC(C)(C)[C@@H]1CCC(C)=C[C@@H]21. The highest BCUT2D eigenvalue weighted by molar-refractivity contribution is 6.30. The zero-order valence-corrected chi connectivity index (χ0v) is 23.6. The second-order valence-corrected chi connectivity index (χ2v) is 10.6. The predicted molar refractivity (Wildman–Crippen MR) is 144 cm³/mol. The number of fused-ring (bicyclic) bond motifs is 3. The van der Waals surface area contributed by atoms with Gasteiger partial charge < -0.3 is 28.4 Å². The van der Waals surface area contributed by atoms with Gasteiger partial charge in [0.05, 0.1) is 33.0 Å². The van der Waals surface area contributed by atoms with Crippen molar-refractivity contribution in [3.63, 3.8) is 0 Å². The molecule has 1 aromatic rings. The average Bonchev–Trinajstić information content (AvgIpc) is 2.87. The Labute approximate surface area is 226 Å². The van der Waals surface area contributed by atoms with Gasteiger partial charge >= 0.3 is 11.9 Å². The Bertz CT molecular complexity index is 967. The molecule has 0 N–H and O–H groups in total. The Morgan fingerprint density at radius 3 is 2.42 bits per heavy atom. The van der Waals surface area contributed by atoms with Gasteiger partial charge in [-0.3, -0.25) is 0 Å². The van der Waals surface area contributed by atoms with Gasteiger partial charge in [-0.2, -0.15) is 0 Å². The van der Waals surface area contributed by atoms with E-state index in [1.807, 2.05) is 6.07 Å². The number of hydrogen-bond donors (Lipinski definition) is 0. The van der Waals surface area contributed by atoms with Crippen LogP contribution in [0.3, 0.4) is 0 Å². The van der Waals surface area contributed by atoms with Crippen molar-refractivity contribution in [1.82, 2.24) is 0 Å². The Morgan fingerprint density at radius 1 is 1.00 bits per heavy atom. The first-order valence-corrected chi connectivity index (χ1v) is 13.8. The first kappa shape index (κ1) is 30.1. The summed E-state index contributed by atoms with van der Waals surface area (Å²) in [6, 6.07) is 3.97. The number of rotatable bonds is 14. The van der Waals surface area contributed by atoms with E-state index in [-0.39, 0.29) is 30.7 Å². The molecule has 0 aromatic heterocycles. The highest BCUT2D eigenvalue weighted by Crippen LogP contribution is 2.53. The Balaban J connectivity index is 1.68. The van der Waals surface area contributed by atoms with Gasteiger partial charge in [0.1, 0.15) is 23.7 Å². The molecule has 1 heterocycles. The van der Waals surface area contributed by atoms with Crippen LogP contribution >= 0.6 is 0 Å². The quantitative estimate of drug-likeness (QED) is 0.107. The van der Waals surface area contributed by atoms with Crippen LogP contribution in [0.25, 0.3) is 0 Å².